The monoisotopic (exact) mass is 285 g/mol. The maximum atomic E-state index is 11.6. The van der Waals surface area contributed by atoms with Gasteiger partial charge in [0, 0.05) is 18.8 Å². The summed E-state index contributed by atoms with van der Waals surface area (Å²) >= 11 is 1.77. The van der Waals surface area contributed by atoms with Gasteiger partial charge in [-0.15, -0.1) is 0 Å². The summed E-state index contributed by atoms with van der Waals surface area (Å²) in [5.74, 6) is 2.19. The second-order valence-electron chi connectivity index (χ2n) is 5.62. The van der Waals surface area contributed by atoms with Crippen LogP contribution >= 0.6 is 11.8 Å². The second kappa shape index (κ2) is 11.6. The number of carbonyl (C=O) groups excluding carboxylic acids is 1. The molecule has 1 fully saturated rings. The van der Waals surface area contributed by atoms with Gasteiger partial charge in [-0.2, -0.15) is 11.8 Å². The third-order valence-corrected chi connectivity index (χ3v) is 4.79. The SMILES string of the molecule is CCCCCCCCCCCCN1CCSCC1=O. The van der Waals surface area contributed by atoms with E-state index in [0.717, 1.165) is 18.8 Å². The largest absolute Gasteiger partial charge is 0.341 e. The fourth-order valence-electron chi connectivity index (χ4n) is 2.58. The highest BCUT2D eigenvalue weighted by atomic mass is 32.2. The fraction of sp³-hybridized carbons (Fsp3) is 0.938. The molecule has 0 aliphatic carbocycles. The van der Waals surface area contributed by atoms with Crippen LogP contribution in [-0.4, -0.2) is 35.4 Å². The minimum atomic E-state index is 0.354. The zero-order valence-corrected chi connectivity index (χ0v) is 13.5. The van der Waals surface area contributed by atoms with Crippen molar-refractivity contribution < 1.29 is 4.79 Å². The van der Waals surface area contributed by atoms with E-state index < -0.39 is 0 Å². The Morgan fingerprint density at radius 1 is 0.947 bits per heavy atom. The van der Waals surface area contributed by atoms with Gasteiger partial charge in [-0.1, -0.05) is 64.7 Å². The highest BCUT2D eigenvalue weighted by Crippen LogP contribution is 2.13. The van der Waals surface area contributed by atoms with E-state index in [1.54, 1.807) is 11.8 Å². The van der Waals surface area contributed by atoms with Gasteiger partial charge >= 0.3 is 0 Å². The predicted octanol–water partition coefficient (Wildman–Crippen LogP) is 4.48. The van der Waals surface area contributed by atoms with Crippen molar-refractivity contribution in [3.05, 3.63) is 0 Å². The highest BCUT2D eigenvalue weighted by molar-refractivity contribution is 8.00. The summed E-state index contributed by atoms with van der Waals surface area (Å²) < 4.78 is 0. The van der Waals surface area contributed by atoms with E-state index in [9.17, 15) is 4.79 Å². The Balaban J connectivity index is 1.82. The van der Waals surface area contributed by atoms with Crippen LogP contribution in [0.1, 0.15) is 71.1 Å². The van der Waals surface area contributed by atoms with E-state index in [-0.39, 0.29) is 0 Å². The first kappa shape index (κ1) is 16.9. The number of amides is 1. The average Bonchev–Trinajstić information content (AvgIpc) is 2.43. The van der Waals surface area contributed by atoms with E-state index in [4.69, 9.17) is 0 Å². The normalized spacial score (nSPS) is 16.1. The zero-order chi connectivity index (χ0) is 13.8. The number of thioether (sulfide) groups is 1. The molecule has 0 unspecified atom stereocenters. The van der Waals surface area contributed by atoms with E-state index in [2.05, 4.69) is 11.8 Å². The van der Waals surface area contributed by atoms with Crippen LogP contribution in [0.2, 0.25) is 0 Å². The summed E-state index contributed by atoms with van der Waals surface area (Å²) in [6.45, 7) is 4.24. The molecule has 1 aliphatic rings. The molecular weight excluding hydrogens is 254 g/mol. The van der Waals surface area contributed by atoms with Gasteiger partial charge in [0.05, 0.1) is 5.75 Å². The second-order valence-corrected chi connectivity index (χ2v) is 6.72. The Labute approximate surface area is 123 Å². The third-order valence-electron chi connectivity index (χ3n) is 3.87. The average molecular weight is 285 g/mol. The number of rotatable bonds is 11. The van der Waals surface area contributed by atoms with Crippen molar-refractivity contribution in [1.29, 1.82) is 0 Å². The van der Waals surface area contributed by atoms with Gasteiger partial charge in [-0.25, -0.2) is 0 Å². The van der Waals surface area contributed by atoms with Gasteiger partial charge in [0.15, 0.2) is 0 Å². The summed E-state index contributed by atoms with van der Waals surface area (Å²) in [6, 6.07) is 0. The maximum absolute atomic E-state index is 11.6. The number of unbranched alkanes of at least 4 members (excludes halogenated alkanes) is 9. The van der Waals surface area contributed by atoms with Crippen molar-refractivity contribution in [3.8, 4) is 0 Å². The lowest BCUT2D eigenvalue weighted by Gasteiger charge is -2.26. The van der Waals surface area contributed by atoms with Gasteiger partial charge in [-0.05, 0) is 6.42 Å². The van der Waals surface area contributed by atoms with Crippen molar-refractivity contribution in [3.63, 3.8) is 0 Å². The Kier molecular flexibility index (Phi) is 10.3. The Bertz CT molecular complexity index is 233. The Morgan fingerprint density at radius 2 is 1.53 bits per heavy atom. The molecule has 1 aliphatic heterocycles. The van der Waals surface area contributed by atoms with E-state index in [1.165, 1.54) is 64.2 Å². The molecule has 1 rings (SSSR count). The van der Waals surface area contributed by atoms with Gasteiger partial charge in [-0.3, -0.25) is 4.79 Å². The minimum Gasteiger partial charge on any atom is -0.341 e. The summed E-state index contributed by atoms with van der Waals surface area (Å²) in [7, 11) is 0. The molecule has 19 heavy (non-hydrogen) atoms. The molecule has 3 heteroatoms. The quantitative estimate of drug-likeness (QED) is 0.522. The molecule has 1 amide bonds. The van der Waals surface area contributed by atoms with Crippen molar-refractivity contribution >= 4 is 17.7 Å². The van der Waals surface area contributed by atoms with Gasteiger partial charge < -0.3 is 4.90 Å². The summed E-state index contributed by atoms with van der Waals surface area (Å²) in [4.78, 5) is 13.6. The molecule has 0 aromatic carbocycles. The topological polar surface area (TPSA) is 20.3 Å². The molecule has 2 nitrogen and oxygen atoms in total. The summed E-state index contributed by atoms with van der Waals surface area (Å²) in [5, 5.41) is 0. The molecule has 0 saturated carbocycles. The van der Waals surface area contributed by atoms with Gasteiger partial charge in [0.1, 0.15) is 0 Å². The standard InChI is InChI=1S/C16H31NOS/c1-2-3-4-5-6-7-8-9-10-11-12-17-13-14-19-15-16(17)18/h2-15H2,1H3. The molecular formula is C16H31NOS. The first-order valence-corrected chi connectivity index (χ1v) is 9.35. The molecule has 0 N–H and O–H groups in total. The molecule has 0 radical (unpaired) electrons. The molecule has 1 saturated heterocycles. The van der Waals surface area contributed by atoms with Crippen LogP contribution in [-0.2, 0) is 4.79 Å². The summed E-state index contributed by atoms with van der Waals surface area (Å²) in [6.07, 6.45) is 13.7. The number of hydrogen-bond acceptors (Lipinski definition) is 2. The van der Waals surface area contributed by atoms with Crippen molar-refractivity contribution in [2.45, 2.75) is 71.1 Å². The number of hydrogen-bond donors (Lipinski definition) is 0. The third kappa shape index (κ3) is 8.56. The van der Waals surface area contributed by atoms with Crippen LogP contribution in [0.4, 0.5) is 0 Å². The molecule has 0 atom stereocenters. The number of nitrogens with zero attached hydrogens (tertiary/aromatic N) is 1. The maximum Gasteiger partial charge on any atom is 0.232 e. The van der Waals surface area contributed by atoms with Crippen LogP contribution < -0.4 is 0 Å². The molecule has 0 spiro atoms. The van der Waals surface area contributed by atoms with E-state index in [1.807, 2.05) is 0 Å². The summed E-state index contributed by atoms with van der Waals surface area (Å²) in [5.41, 5.74) is 0. The molecule has 0 aromatic rings. The van der Waals surface area contributed by atoms with Gasteiger partial charge in [0.2, 0.25) is 5.91 Å². The van der Waals surface area contributed by atoms with Crippen LogP contribution in [0.3, 0.4) is 0 Å². The molecule has 112 valence electrons. The van der Waals surface area contributed by atoms with Crippen molar-refractivity contribution in [2.75, 3.05) is 24.6 Å². The van der Waals surface area contributed by atoms with E-state index in [0.29, 0.717) is 11.7 Å². The first-order valence-electron chi connectivity index (χ1n) is 8.20. The van der Waals surface area contributed by atoms with Crippen LogP contribution in [0.5, 0.6) is 0 Å². The Hall–Kier alpha value is -0.180. The van der Waals surface area contributed by atoms with Crippen molar-refractivity contribution in [2.24, 2.45) is 0 Å². The Morgan fingerprint density at radius 3 is 2.11 bits per heavy atom. The predicted molar refractivity (Wildman–Crippen MR) is 85.7 cm³/mol. The van der Waals surface area contributed by atoms with Crippen LogP contribution in [0.25, 0.3) is 0 Å². The smallest absolute Gasteiger partial charge is 0.232 e. The lowest BCUT2D eigenvalue weighted by atomic mass is 10.1. The fourth-order valence-corrected chi connectivity index (χ4v) is 3.43. The van der Waals surface area contributed by atoms with Gasteiger partial charge in [0.25, 0.3) is 0 Å². The van der Waals surface area contributed by atoms with E-state index >= 15 is 0 Å². The zero-order valence-electron chi connectivity index (χ0n) is 12.7. The molecule has 0 bridgehead atoms. The lowest BCUT2D eigenvalue weighted by molar-refractivity contribution is -0.128. The first-order chi connectivity index (χ1) is 9.34. The van der Waals surface area contributed by atoms with Crippen LogP contribution in [0.15, 0.2) is 0 Å². The molecule has 0 aromatic heterocycles. The van der Waals surface area contributed by atoms with Crippen LogP contribution in [0, 0.1) is 0 Å². The number of carbonyl (C=O) groups is 1. The minimum absolute atomic E-state index is 0.354. The highest BCUT2D eigenvalue weighted by Gasteiger charge is 2.17. The lowest BCUT2D eigenvalue weighted by Crippen LogP contribution is -2.38. The molecule has 1 heterocycles. The van der Waals surface area contributed by atoms with Crippen molar-refractivity contribution in [1.82, 2.24) is 4.90 Å².